The van der Waals surface area contributed by atoms with Crippen LogP contribution in [0.1, 0.15) is 5.56 Å². The van der Waals surface area contributed by atoms with E-state index in [-0.39, 0.29) is 5.95 Å². The van der Waals surface area contributed by atoms with Crippen molar-refractivity contribution in [1.29, 1.82) is 0 Å². The molecule has 0 aliphatic carbocycles. The fraction of sp³-hybridized carbons (Fsp3) is 0.0667. The first-order chi connectivity index (χ1) is 11.8. The third-order valence-electron chi connectivity index (χ3n) is 3.44. The molecule has 0 bridgehead atoms. The smallest absolute Gasteiger partial charge is 0.222 e. The predicted octanol–water partition coefficient (Wildman–Crippen LogP) is 1.40. The number of hydrogen-bond donors (Lipinski definition) is 3. The van der Waals surface area contributed by atoms with Gasteiger partial charge in [0.1, 0.15) is 11.8 Å². The topological polar surface area (TPSA) is 131 Å². The molecule has 0 aliphatic heterocycles. The zero-order chi connectivity index (χ0) is 16.4. The van der Waals surface area contributed by atoms with Crippen molar-refractivity contribution in [2.45, 2.75) is 6.54 Å². The lowest BCUT2D eigenvalue weighted by Crippen LogP contribution is -2.06. The van der Waals surface area contributed by atoms with Crippen molar-refractivity contribution in [3.05, 3.63) is 48.8 Å². The fourth-order valence-corrected chi connectivity index (χ4v) is 2.33. The number of nitrogens with one attached hydrogen (secondary N) is 2. The average molecular weight is 319 g/mol. The SMILES string of the molecule is Nc1nc(NCc2cncnc2)c2ncc(-c3ccn[nH]3)cc2n1. The Balaban J connectivity index is 1.70. The number of H-pyrrole nitrogens is 1. The molecule has 4 aromatic heterocycles. The Labute approximate surface area is 136 Å². The van der Waals surface area contributed by atoms with Crippen LogP contribution in [0.25, 0.3) is 22.3 Å². The number of rotatable bonds is 4. The zero-order valence-corrected chi connectivity index (χ0v) is 12.5. The van der Waals surface area contributed by atoms with E-state index in [9.17, 15) is 0 Å². The minimum atomic E-state index is 0.179. The van der Waals surface area contributed by atoms with E-state index in [4.69, 9.17) is 5.73 Å². The van der Waals surface area contributed by atoms with Gasteiger partial charge >= 0.3 is 0 Å². The van der Waals surface area contributed by atoms with Gasteiger partial charge in [-0.3, -0.25) is 5.10 Å². The summed E-state index contributed by atoms with van der Waals surface area (Å²) in [7, 11) is 0. The van der Waals surface area contributed by atoms with Crippen LogP contribution in [0, 0.1) is 0 Å². The maximum atomic E-state index is 5.83. The molecule has 0 aliphatic rings. The maximum absolute atomic E-state index is 5.83. The van der Waals surface area contributed by atoms with Crippen LogP contribution in [0.15, 0.2) is 43.2 Å². The summed E-state index contributed by atoms with van der Waals surface area (Å²) in [6.07, 6.45) is 8.38. The monoisotopic (exact) mass is 319 g/mol. The Morgan fingerprint density at radius 2 is 2.00 bits per heavy atom. The van der Waals surface area contributed by atoms with Gasteiger partial charge in [-0.2, -0.15) is 10.1 Å². The van der Waals surface area contributed by atoms with Crippen molar-refractivity contribution < 1.29 is 0 Å². The quantitative estimate of drug-likeness (QED) is 0.514. The number of nitrogens with two attached hydrogens (primary N) is 1. The number of pyridine rings is 1. The van der Waals surface area contributed by atoms with Gasteiger partial charge in [-0.05, 0) is 12.1 Å². The van der Waals surface area contributed by atoms with Gasteiger partial charge in [0.25, 0.3) is 0 Å². The Morgan fingerprint density at radius 3 is 2.79 bits per heavy atom. The normalized spacial score (nSPS) is 10.8. The summed E-state index contributed by atoms with van der Waals surface area (Å²) in [5, 5.41) is 10.0. The number of hydrogen-bond acceptors (Lipinski definition) is 8. The summed E-state index contributed by atoms with van der Waals surface area (Å²) < 4.78 is 0. The van der Waals surface area contributed by atoms with Crippen molar-refractivity contribution in [3.63, 3.8) is 0 Å². The highest BCUT2D eigenvalue weighted by Gasteiger charge is 2.10. The molecule has 0 saturated carbocycles. The second kappa shape index (κ2) is 5.88. The molecule has 4 heterocycles. The Kier molecular flexibility index (Phi) is 3.43. The molecule has 4 aromatic rings. The second-order valence-electron chi connectivity index (χ2n) is 5.09. The van der Waals surface area contributed by atoms with Crippen molar-refractivity contribution in [3.8, 4) is 11.3 Å². The third-order valence-corrected chi connectivity index (χ3v) is 3.44. The second-order valence-corrected chi connectivity index (χ2v) is 5.09. The van der Waals surface area contributed by atoms with E-state index in [0.717, 1.165) is 16.8 Å². The number of fused-ring (bicyclic) bond motifs is 1. The Hall–Kier alpha value is -3.62. The van der Waals surface area contributed by atoms with Crippen LogP contribution in [-0.2, 0) is 6.54 Å². The first-order valence-corrected chi connectivity index (χ1v) is 7.20. The minimum absolute atomic E-state index is 0.179. The van der Waals surface area contributed by atoms with Crippen LogP contribution < -0.4 is 11.1 Å². The summed E-state index contributed by atoms with van der Waals surface area (Å²) in [6, 6.07) is 3.76. The molecule has 4 rings (SSSR count). The third kappa shape index (κ3) is 2.70. The van der Waals surface area contributed by atoms with Crippen LogP contribution in [-0.4, -0.2) is 35.1 Å². The zero-order valence-electron chi connectivity index (χ0n) is 12.5. The molecule has 0 radical (unpaired) electrons. The molecule has 0 amide bonds. The lowest BCUT2D eigenvalue weighted by molar-refractivity contribution is 1.04. The molecular weight excluding hydrogens is 306 g/mol. The molecule has 0 spiro atoms. The summed E-state index contributed by atoms with van der Waals surface area (Å²) in [5.74, 6) is 0.746. The van der Waals surface area contributed by atoms with E-state index >= 15 is 0 Å². The van der Waals surface area contributed by atoms with Crippen LogP contribution in [0.5, 0.6) is 0 Å². The summed E-state index contributed by atoms with van der Waals surface area (Å²) >= 11 is 0. The summed E-state index contributed by atoms with van der Waals surface area (Å²) in [4.78, 5) is 20.9. The Morgan fingerprint density at radius 1 is 1.12 bits per heavy atom. The first-order valence-electron chi connectivity index (χ1n) is 7.20. The molecule has 118 valence electrons. The van der Waals surface area contributed by atoms with E-state index < -0.39 is 0 Å². The van der Waals surface area contributed by atoms with Crippen LogP contribution in [0.2, 0.25) is 0 Å². The minimum Gasteiger partial charge on any atom is -0.368 e. The number of anilines is 2. The van der Waals surface area contributed by atoms with Gasteiger partial charge in [-0.1, -0.05) is 0 Å². The van der Waals surface area contributed by atoms with Crippen molar-refractivity contribution in [2.24, 2.45) is 0 Å². The molecule has 9 nitrogen and oxygen atoms in total. The van der Waals surface area contributed by atoms with E-state index in [1.807, 2.05) is 12.1 Å². The number of nitrogens with zero attached hydrogens (tertiary/aromatic N) is 6. The maximum Gasteiger partial charge on any atom is 0.222 e. The lowest BCUT2D eigenvalue weighted by Gasteiger charge is -2.09. The van der Waals surface area contributed by atoms with E-state index in [1.165, 1.54) is 6.33 Å². The van der Waals surface area contributed by atoms with Crippen LogP contribution >= 0.6 is 0 Å². The summed E-state index contributed by atoms with van der Waals surface area (Å²) in [5.41, 5.74) is 9.79. The van der Waals surface area contributed by atoms with E-state index in [0.29, 0.717) is 23.4 Å². The number of nitrogen functional groups attached to an aromatic ring is 1. The number of aromatic amines is 1. The number of aromatic nitrogens is 7. The highest BCUT2D eigenvalue weighted by molar-refractivity contribution is 5.88. The van der Waals surface area contributed by atoms with Gasteiger partial charge in [0, 0.05) is 42.5 Å². The summed E-state index contributed by atoms with van der Waals surface area (Å²) in [6.45, 7) is 0.510. The largest absolute Gasteiger partial charge is 0.368 e. The van der Waals surface area contributed by atoms with E-state index in [2.05, 4.69) is 40.4 Å². The molecule has 0 fully saturated rings. The van der Waals surface area contributed by atoms with Gasteiger partial charge in [0.05, 0.1) is 11.2 Å². The highest BCUT2D eigenvalue weighted by Crippen LogP contribution is 2.24. The molecule has 0 aromatic carbocycles. The molecular formula is C15H13N9. The molecule has 0 saturated heterocycles. The van der Waals surface area contributed by atoms with Crippen molar-refractivity contribution in [1.82, 2.24) is 35.1 Å². The molecule has 0 unspecified atom stereocenters. The lowest BCUT2D eigenvalue weighted by atomic mass is 10.2. The van der Waals surface area contributed by atoms with Gasteiger partial charge < -0.3 is 11.1 Å². The standard InChI is InChI=1S/C15H13N9/c16-15-22-12-3-10(11-1-2-21-24-11)7-19-13(12)14(23-15)20-6-9-4-17-8-18-5-9/h1-5,7-8H,6H2,(H,21,24)(H3,16,20,22,23). The molecule has 0 atom stereocenters. The Bertz CT molecular complexity index is 967. The molecule has 24 heavy (non-hydrogen) atoms. The van der Waals surface area contributed by atoms with E-state index in [1.54, 1.807) is 24.8 Å². The first kappa shape index (κ1) is 14.0. The van der Waals surface area contributed by atoms with Gasteiger partial charge in [0.15, 0.2) is 5.82 Å². The molecule has 9 heteroatoms. The van der Waals surface area contributed by atoms with Crippen molar-refractivity contribution in [2.75, 3.05) is 11.1 Å². The fourth-order valence-electron chi connectivity index (χ4n) is 2.33. The van der Waals surface area contributed by atoms with Crippen LogP contribution in [0.3, 0.4) is 0 Å². The average Bonchev–Trinajstić information content (AvgIpc) is 3.14. The van der Waals surface area contributed by atoms with Crippen molar-refractivity contribution >= 4 is 22.8 Å². The molecule has 4 N–H and O–H groups in total. The predicted molar refractivity (Wildman–Crippen MR) is 88.7 cm³/mol. The van der Waals surface area contributed by atoms with Crippen LogP contribution in [0.4, 0.5) is 11.8 Å². The van der Waals surface area contributed by atoms with Gasteiger partial charge in [0.2, 0.25) is 5.95 Å². The van der Waals surface area contributed by atoms with Gasteiger partial charge in [-0.15, -0.1) is 0 Å². The highest BCUT2D eigenvalue weighted by atomic mass is 15.1. The van der Waals surface area contributed by atoms with Gasteiger partial charge in [-0.25, -0.2) is 19.9 Å².